The highest BCUT2D eigenvalue weighted by atomic mass is 35.5. The van der Waals surface area contributed by atoms with Crippen molar-refractivity contribution in [2.75, 3.05) is 6.61 Å². The third-order valence-electron chi connectivity index (χ3n) is 6.19. The van der Waals surface area contributed by atoms with E-state index in [1.165, 1.54) is 0 Å². The minimum absolute atomic E-state index is 0.0874. The predicted octanol–water partition coefficient (Wildman–Crippen LogP) is 4.35. The van der Waals surface area contributed by atoms with Gasteiger partial charge >= 0.3 is 0 Å². The van der Waals surface area contributed by atoms with E-state index in [9.17, 15) is 15.3 Å². The molecule has 5 aromatic rings. The first-order valence-corrected chi connectivity index (χ1v) is 10.7. The van der Waals surface area contributed by atoms with Gasteiger partial charge in [-0.1, -0.05) is 41.4 Å². The lowest BCUT2D eigenvalue weighted by Gasteiger charge is -2.36. The van der Waals surface area contributed by atoms with Crippen molar-refractivity contribution >= 4 is 66.8 Å². The van der Waals surface area contributed by atoms with Crippen LogP contribution in [0.25, 0.3) is 43.6 Å². The van der Waals surface area contributed by atoms with Gasteiger partial charge in [0, 0.05) is 37.1 Å². The van der Waals surface area contributed by atoms with E-state index >= 15 is 0 Å². The van der Waals surface area contributed by atoms with Crippen molar-refractivity contribution in [1.29, 1.82) is 0 Å². The van der Waals surface area contributed by atoms with E-state index in [0.29, 0.717) is 10.0 Å². The Bertz CT molecular complexity index is 1490. The van der Waals surface area contributed by atoms with Gasteiger partial charge in [0.05, 0.1) is 23.2 Å². The molecule has 1 aliphatic rings. The molecule has 31 heavy (non-hydrogen) atoms. The minimum atomic E-state index is -1.32. The van der Waals surface area contributed by atoms with Crippen LogP contribution in [0.15, 0.2) is 48.5 Å². The van der Waals surface area contributed by atoms with Gasteiger partial charge < -0.3 is 29.6 Å². The lowest BCUT2D eigenvalue weighted by Crippen LogP contribution is -2.50. The zero-order valence-corrected chi connectivity index (χ0v) is 17.6. The summed E-state index contributed by atoms with van der Waals surface area (Å²) in [6.07, 6.45) is -4.67. The predicted molar refractivity (Wildman–Crippen MR) is 122 cm³/mol. The third kappa shape index (κ3) is 2.74. The molecule has 3 heterocycles. The van der Waals surface area contributed by atoms with Crippen LogP contribution in [0.1, 0.15) is 6.23 Å². The Morgan fingerprint density at radius 1 is 0.839 bits per heavy atom. The van der Waals surface area contributed by atoms with Gasteiger partial charge in [-0.3, -0.25) is 0 Å². The number of halogens is 2. The molecule has 4 atom stereocenters. The highest BCUT2D eigenvalue weighted by Crippen LogP contribution is 2.41. The molecule has 4 N–H and O–H groups in total. The Labute approximate surface area is 186 Å². The summed E-state index contributed by atoms with van der Waals surface area (Å²) in [5.41, 5.74) is 3.37. The number of H-pyrrole nitrogens is 1. The molecule has 2 aromatic heterocycles. The quantitative estimate of drug-likeness (QED) is 0.301. The number of nitrogens with zero attached hydrogens (tertiary/aromatic N) is 1. The molecule has 3 aromatic carbocycles. The Morgan fingerprint density at radius 3 is 2.39 bits per heavy atom. The number of fused-ring (bicyclic) bond motifs is 7. The van der Waals surface area contributed by atoms with Gasteiger partial charge in [-0.15, -0.1) is 0 Å². The van der Waals surface area contributed by atoms with Crippen molar-refractivity contribution in [3.63, 3.8) is 0 Å². The third-order valence-corrected chi connectivity index (χ3v) is 6.66. The smallest absolute Gasteiger partial charge is 0.163 e. The van der Waals surface area contributed by atoms with Crippen LogP contribution >= 0.6 is 23.2 Å². The second kappa shape index (κ2) is 6.84. The lowest BCUT2D eigenvalue weighted by molar-refractivity contribution is -0.208. The number of ether oxygens (including phenoxy) is 1. The largest absolute Gasteiger partial charge is 0.388 e. The van der Waals surface area contributed by atoms with Crippen molar-refractivity contribution in [2.24, 2.45) is 0 Å². The molecule has 1 saturated heterocycles. The van der Waals surface area contributed by atoms with Gasteiger partial charge in [0.2, 0.25) is 0 Å². The average Bonchev–Trinajstić information content (AvgIpc) is 3.27. The lowest BCUT2D eigenvalue weighted by atomic mass is 10.0. The molecule has 0 aliphatic carbocycles. The van der Waals surface area contributed by atoms with Gasteiger partial charge in [-0.25, -0.2) is 0 Å². The van der Waals surface area contributed by atoms with Crippen LogP contribution in [0.3, 0.4) is 0 Å². The molecule has 4 unspecified atom stereocenters. The number of rotatable bonds is 1. The van der Waals surface area contributed by atoms with Gasteiger partial charge in [0.25, 0.3) is 0 Å². The van der Waals surface area contributed by atoms with Crippen molar-refractivity contribution in [2.45, 2.75) is 24.5 Å². The van der Waals surface area contributed by atoms with E-state index in [4.69, 9.17) is 27.9 Å². The van der Waals surface area contributed by atoms with Gasteiger partial charge in [0.1, 0.15) is 18.3 Å². The van der Waals surface area contributed by atoms with Crippen molar-refractivity contribution in [1.82, 2.24) is 9.55 Å². The van der Waals surface area contributed by atoms with Crippen LogP contribution in [0.2, 0.25) is 10.0 Å². The number of aromatic amines is 1. The number of hydrogen-bond donors (Lipinski definition) is 4. The molecule has 0 amide bonds. The maximum absolute atomic E-state index is 10.8. The van der Waals surface area contributed by atoms with Crippen molar-refractivity contribution in [3.05, 3.63) is 58.6 Å². The molecule has 6 rings (SSSR count). The molecule has 8 heteroatoms. The van der Waals surface area contributed by atoms with Gasteiger partial charge in [-0.2, -0.15) is 0 Å². The van der Waals surface area contributed by atoms with E-state index in [0.717, 1.165) is 43.6 Å². The molecular weight excluding hydrogens is 439 g/mol. The van der Waals surface area contributed by atoms with Crippen LogP contribution in [-0.2, 0) is 4.74 Å². The minimum Gasteiger partial charge on any atom is -0.388 e. The molecule has 1 fully saturated rings. The van der Waals surface area contributed by atoms with Crippen LogP contribution in [0.5, 0.6) is 0 Å². The number of aliphatic hydroxyl groups excluding tert-OH is 3. The van der Waals surface area contributed by atoms with Crippen LogP contribution in [0, 0.1) is 0 Å². The molecule has 1 aliphatic heterocycles. The van der Waals surface area contributed by atoms with Crippen LogP contribution < -0.4 is 0 Å². The van der Waals surface area contributed by atoms with E-state index in [1.54, 1.807) is 6.07 Å². The summed E-state index contributed by atoms with van der Waals surface area (Å²) >= 11 is 12.5. The molecular formula is C23H18Cl2N2O4. The molecule has 0 spiro atoms. The molecule has 158 valence electrons. The maximum atomic E-state index is 10.8. The topological polar surface area (TPSA) is 90.6 Å². The summed E-state index contributed by atoms with van der Waals surface area (Å²) in [7, 11) is 0. The summed E-state index contributed by atoms with van der Waals surface area (Å²) < 4.78 is 7.72. The van der Waals surface area contributed by atoms with Crippen molar-refractivity contribution in [3.8, 4) is 0 Å². The first kappa shape index (κ1) is 19.4. The Morgan fingerprint density at radius 2 is 1.55 bits per heavy atom. The molecule has 0 bridgehead atoms. The molecule has 0 saturated carbocycles. The first-order valence-electron chi connectivity index (χ1n) is 9.93. The number of aliphatic hydroxyl groups is 3. The summed E-state index contributed by atoms with van der Waals surface area (Å²) in [4.78, 5) is 3.46. The fraction of sp³-hybridized carbons (Fsp3) is 0.217. The second-order valence-electron chi connectivity index (χ2n) is 8.00. The fourth-order valence-electron chi connectivity index (χ4n) is 4.74. The highest BCUT2D eigenvalue weighted by Gasteiger charge is 2.40. The Balaban J connectivity index is 1.76. The normalized spacial score (nSPS) is 24.7. The summed E-state index contributed by atoms with van der Waals surface area (Å²) in [6.45, 7) is -0.0874. The monoisotopic (exact) mass is 456 g/mol. The summed E-state index contributed by atoms with van der Waals surface area (Å²) in [5, 5.41) is 36.1. The van der Waals surface area contributed by atoms with Crippen LogP contribution in [0.4, 0.5) is 0 Å². The molecule has 0 radical (unpaired) electrons. The number of aromatic nitrogens is 2. The maximum Gasteiger partial charge on any atom is 0.163 e. The van der Waals surface area contributed by atoms with Gasteiger partial charge in [-0.05, 0) is 30.3 Å². The van der Waals surface area contributed by atoms with Gasteiger partial charge in [0.15, 0.2) is 6.23 Å². The van der Waals surface area contributed by atoms with Crippen molar-refractivity contribution < 1.29 is 20.1 Å². The van der Waals surface area contributed by atoms with E-state index in [2.05, 4.69) is 4.98 Å². The van der Waals surface area contributed by atoms with E-state index < -0.39 is 24.5 Å². The Hall–Kier alpha value is -2.32. The van der Waals surface area contributed by atoms with E-state index in [-0.39, 0.29) is 6.61 Å². The summed E-state index contributed by atoms with van der Waals surface area (Å²) in [6, 6.07) is 15.3. The number of benzene rings is 3. The first-order chi connectivity index (χ1) is 14.9. The zero-order chi connectivity index (χ0) is 21.4. The number of hydrogen-bond acceptors (Lipinski definition) is 4. The van der Waals surface area contributed by atoms with E-state index in [1.807, 2.05) is 47.0 Å². The summed E-state index contributed by atoms with van der Waals surface area (Å²) in [5.74, 6) is 0. The fourth-order valence-corrected chi connectivity index (χ4v) is 5.08. The molecule has 6 nitrogen and oxygen atoms in total. The standard InChI is InChI=1S/C23H18Cl2N2O4/c24-10-2-6-17-15(7-10)14-5-4-13-12-3-1-11(25)8-16(12)26-19(13)20(14)27(17)23-22(30)21(29)18(28)9-31-23/h1-8,18,21-23,26,28-30H,9H2. The van der Waals surface area contributed by atoms with Crippen LogP contribution in [-0.4, -0.2) is 49.8 Å². The average molecular weight is 457 g/mol. The highest BCUT2D eigenvalue weighted by molar-refractivity contribution is 6.33. The Kier molecular flexibility index (Phi) is 4.27. The number of nitrogens with one attached hydrogen (secondary N) is 1. The SMILES string of the molecule is OC1COC(n2c3ccc(Cl)cc3c3ccc4c5ccc(Cl)cc5[nH]c4c32)C(O)C1O. The zero-order valence-electron chi connectivity index (χ0n) is 16.1. The second-order valence-corrected chi connectivity index (χ2v) is 8.88.